The van der Waals surface area contributed by atoms with Gasteiger partial charge in [0.1, 0.15) is 5.71 Å². The van der Waals surface area contributed by atoms with Gasteiger partial charge in [-0.05, 0) is 36.8 Å². The van der Waals surface area contributed by atoms with Gasteiger partial charge in [0.2, 0.25) is 5.91 Å². The minimum atomic E-state index is -0.608. The molecule has 1 rings (SSSR count). The SMILES string of the molecule is CC.CCCCCCCC(C)CC.CCc1nc(C(=N)/C=C\C(N)=O)ccc1/C(C=NC)=N/N.CS. The molecule has 0 saturated carbocycles. The summed E-state index contributed by atoms with van der Waals surface area (Å²) < 4.78 is 0. The van der Waals surface area contributed by atoms with Crippen LogP contribution in [0.25, 0.3) is 0 Å². The average molecular weight is 521 g/mol. The van der Waals surface area contributed by atoms with E-state index in [1.165, 1.54) is 51.0 Å². The van der Waals surface area contributed by atoms with Gasteiger partial charge >= 0.3 is 0 Å². The van der Waals surface area contributed by atoms with Gasteiger partial charge in [-0.25, -0.2) is 0 Å². The van der Waals surface area contributed by atoms with Gasteiger partial charge in [0.05, 0.1) is 17.1 Å². The lowest BCUT2D eigenvalue weighted by Gasteiger charge is -2.08. The number of carbonyl (C=O) groups excluding carboxylic acids is 1. The molecule has 0 aliphatic rings. The van der Waals surface area contributed by atoms with Gasteiger partial charge in [0.25, 0.3) is 0 Å². The van der Waals surface area contributed by atoms with Gasteiger partial charge in [-0.15, -0.1) is 0 Å². The maximum atomic E-state index is 10.7. The van der Waals surface area contributed by atoms with Crippen LogP contribution in [-0.4, -0.2) is 41.8 Å². The number of amides is 1. The summed E-state index contributed by atoms with van der Waals surface area (Å²) in [5, 5.41) is 11.5. The number of nitrogens with two attached hydrogens (primary N) is 2. The molecule has 1 heterocycles. The van der Waals surface area contributed by atoms with Crippen LogP contribution < -0.4 is 11.6 Å². The average Bonchev–Trinajstić information content (AvgIpc) is 2.92. The number of pyridine rings is 1. The second kappa shape index (κ2) is 27.1. The highest BCUT2D eigenvalue weighted by Crippen LogP contribution is 2.13. The molecule has 1 amide bonds. The number of carbonyl (C=O) groups is 1. The van der Waals surface area contributed by atoms with E-state index in [2.05, 4.69) is 48.5 Å². The lowest BCUT2D eigenvalue weighted by Crippen LogP contribution is -2.13. The Hall–Kier alpha value is -2.48. The molecule has 0 aliphatic carbocycles. The molecule has 0 radical (unpaired) electrons. The van der Waals surface area contributed by atoms with E-state index in [0.717, 1.165) is 23.3 Å². The second-order valence-electron chi connectivity index (χ2n) is 7.81. The molecule has 0 bridgehead atoms. The van der Waals surface area contributed by atoms with Crippen molar-refractivity contribution in [3.63, 3.8) is 0 Å². The number of hydrazone groups is 1. The minimum absolute atomic E-state index is 0.102. The summed E-state index contributed by atoms with van der Waals surface area (Å²) in [4.78, 5) is 19.0. The van der Waals surface area contributed by atoms with Crippen LogP contribution in [0.4, 0.5) is 0 Å². The van der Waals surface area contributed by atoms with Crippen molar-refractivity contribution in [2.45, 2.75) is 92.9 Å². The van der Waals surface area contributed by atoms with Gasteiger partial charge in [-0.3, -0.25) is 20.2 Å². The molecule has 1 atom stereocenters. The molecule has 1 aromatic rings. The fraction of sp³-hybridized carbons (Fsp3) is 0.607. The number of rotatable bonds is 13. The highest BCUT2D eigenvalue weighted by atomic mass is 32.1. The van der Waals surface area contributed by atoms with Crippen LogP contribution in [0.5, 0.6) is 0 Å². The number of nitrogens with zero attached hydrogens (tertiary/aromatic N) is 3. The smallest absolute Gasteiger partial charge is 0.241 e. The zero-order chi connectivity index (χ0) is 28.4. The lowest BCUT2D eigenvalue weighted by molar-refractivity contribution is -0.113. The number of aliphatic imine (C=N–C) groups is 1. The number of hydrogen-bond donors (Lipinski definition) is 4. The third-order valence-corrected chi connectivity index (χ3v) is 5.16. The van der Waals surface area contributed by atoms with Crippen LogP contribution >= 0.6 is 12.6 Å². The molecule has 8 heteroatoms. The fourth-order valence-corrected chi connectivity index (χ4v) is 3.00. The van der Waals surface area contributed by atoms with Crippen molar-refractivity contribution >= 4 is 36.2 Å². The predicted octanol–water partition coefficient (Wildman–Crippen LogP) is 6.38. The van der Waals surface area contributed by atoms with Crippen molar-refractivity contribution < 1.29 is 4.79 Å². The fourth-order valence-electron chi connectivity index (χ4n) is 3.00. The first-order valence-corrected chi connectivity index (χ1v) is 13.9. The summed E-state index contributed by atoms with van der Waals surface area (Å²) in [7, 11) is 1.63. The summed E-state index contributed by atoms with van der Waals surface area (Å²) in [6, 6.07) is 3.44. The van der Waals surface area contributed by atoms with Crippen molar-refractivity contribution in [2.75, 3.05) is 13.3 Å². The predicted molar refractivity (Wildman–Crippen MR) is 163 cm³/mol. The van der Waals surface area contributed by atoms with Gasteiger partial charge < -0.3 is 11.6 Å². The highest BCUT2D eigenvalue weighted by molar-refractivity contribution is 7.79. The van der Waals surface area contributed by atoms with Crippen molar-refractivity contribution in [1.82, 2.24) is 4.98 Å². The zero-order valence-corrected chi connectivity index (χ0v) is 24.9. The number of nitrogens with one attached hydrogen (secondary N) is 1. The minimum Gasteiger partial charge on any atom is -0.366 e. The molecule has 0 spiro atoms. The Morgan fingerprint density at radius 3 is 2.19 bits per heavy atom. The Labute approximate surface area is 226 Å². The Morgan fingerprint density at radius 2 is 1.72 bits per heavy atom. The molecular weight excluding hydrogens is 468 g/mol. The van der Waals surface area contributed by atoms with Crippen molar-refractivity contribution in [1.29, 1.82) is 5.41 Å². The molecule has 206 valence electrons. The number of hydrogen-bond acceptors (Lipinski definition) is 7. The van der Waals surface area contributed by atoms with Crippen LogP contribution in [0.15, 0.2) is 34.4 Å². The molecule has 0 saturated heterocycles. The second-order valence-corrected chi connectivity index (χ2v) is 7.81. The van der Waals surface area contributed by atoms with Crippen molar-refractivity contribution in [2.24, 2.45) is 27.6 Å². The molecular formula is C28H52N6OS. The number of unbranched alkanes of at least 4 members (excludes halogenated alkanes) is 4. The summed E-state index contributed by atoms with van der Waals surface area (Å²) in [5.41, 5.74) is 7.58. The van der Waals surface area contributed by atoms with E-state index in [9.17, 15) is 4.79 Å². The number of aromatic nitrogens is 1. The third kappa shape index (κ3) is 18.8. The van der Waals surface area contributed by atoms with E-state index in [1.54, 1.807) is 31.7 Å². The van der Waals surface area contributed by atoms with E-state index in [4.69, 9.17) is 17.0 Å². The molecule has 1 unspecified atom stereocenters. The summed E-state index contributed by atoms with van der Waals surface area (Å²) in [6.07, 6.45) is 16.3. The molecule has 0 aromatic carbocycles. The largest absolute Gasteiger partial charge is 0.366 e. The van der Waals surface area contributed by atoms with Crippen LogP contribution in [0.3, 0.4) is 0 Å². The van der Waals surface area contributed by atoms with E-state index in [-0.39, 0.29) is 5.71 Å². The summed E-state index contributed by atoms with van der Waals surface area (Å²) in [5.74, 6) is 5.71. The third-order valence-electron chi connectivity index (χ3n) is 5.16. The molecule has 7 nitrogen and oxygen atoms in total. The monoisotopic (exact) mass is 520 g/mol. The van der Waals surface area contributed by atoms with Gasteiger partial charge in [0.15, 0.2) is 0 Å². The normalized spacial score (nSPS) is 11.5. The number of primary amides is 1. The molecule has 36 heavy (non-hydrogen) atoms. The van der Waals surface area contributed by atoms with Gasteiger partial charge in [0, 0.05) is 24.9 Å². The molecule has 5 N–H and O–H groups in total. The number of thiol groups is 1. The number of aryl methyl sites for hydroxylation is 1. The first-order chi connectivity index (χ1) is 17.3. The standard InChI is InChI=1S/C14H18N6O.C11H24.C2H6.CH4S/c1-3-11-9(13(20-17)8-18-2)4-6-12(19-11)10(15)5-7-14(16)21;1-4-6-7-8-9-10-11(3)5-2;2*1-2/h4-8,15H,3,17H2,1-2H3,(H2,16,21);11H,4-10H2,1-3H3;1-2H3;2H,1H3/b7-5-,15-10?,18-8?,20-13+;;;. The van der Waals surface area contributed by atoms with E-state index in [0.29, 0.717) is 17.8 Å². The Morgan fingerprint density at radius 1 is 1.11 bits per heavy atom. The van der Waals surface area contributed by atoms with Crippen molar-refractivity contribution in [3.8, 4) is 0 Å². The van der Waals surface area contributed by atoms with Crippen LogP contribution in [0.1, 0.15) is 103 Å². The van der Waals surface area contributed by atoms with Gasteiger partial charge in [-0.2, -0.15) is 17.7 Å². The van der Waals surface area contributed by atoms with Crippen LogP contribution in [0.2, 0.25) is 0 Å². The van der Waals surface area contributed by atoms with Crippen molar-refractivity contribution in [3.05, 3.63) is 41.2 Å². The topological polar surface area (TPSA) is 131 Å². The Bertz CT molecular complexity index is 790. The first-order valence-electron chi connectivity index (χ1n) is 13.1. The number of allylic oxidation sites excluding steroid dienone is 1. The van der Waals surface area contributed by atoms with Crippen LogP contribution in [-0.2, 0) is 11.2 Å². The van der Waals surface area contributed by atoms with Crippen LogP contribution in [0, 0.1) is 11.3 Å². The van der Waals surface area contributed by atoms with E-state index >= 15 is 0 Å². The Balaban J connectivity index is -0.000000613. The molecule has 0 fully saturated rings. The molecule has 0 aliphatic heterocycles. The Kier molecular flexibility index (Phi) is 28.7. The van der Waals surface area contributed by atoms with Gasteiger partial charge in [-0.1, -0.05) is 86.5 Å². The zero-order valence-electron chi connectivity index (χ0n) is 24.0. The summed E-state index contributed by atoms with van der Waals surface area (Å²) >= 11 is 3.53. The first kappa shape index (κ1) is 38.1. The maximum absolute atomic E-state index is 10.7. The highest BCUT2D eigenvalue weighted by Gasteiger charge is 2.10. The van der Waals surface area contributed by atoms with E-state index < -0.39 is 5.91 Å². The maximum Gasteiger partial charge on any atom is 0.241 e. The quantitative estimate of drug-likeness (QED) is 0.0600. The lowest BCUT2D eigenvalue weighted by atomic mass is 10.0. The van der Waals surface area contributed by atoms with E-state index in [1.807, 2.05) is 20.8 Å². The molecule has 1 aromatic heterocycles. The summed E-state index contributed by atoms with van der Waals surface area (Å²) in [6.45, 7) is 12.9.